The minimum absolute atomic E-state index is 0.0478. The number of hydrogen-bond donors (Lipinski definition) is 2. The maximum Gasteiger partial charge on any atom is 0.251 e. The molecule has 0 saturated heterocycles. The molecule has 5 heteroatoms. The average Bonchev–Trinajstić information content (AvgIpc) is 2.72. The van der Waals surface area contributed by atoms with E-state index in [0.29, 0.717) is 43.4 Å². The van der Waals surface area contributed by atoms with Crippen molar-refractivity contribution in [1.29, 1.82) is 0 Å². The lowest BCUT2D eigenvalue weighted by atomic mass is 10.0. The number of amides is 1. The fourth-order valence-electron chi connectivity index (χ4n) is 3.36. The summed E-state index contributed by atoms with van der Waals surface area (Å²) in [5.74, 6) is -0.0545. The van der Waals surface area contributed by atoms with Gasteiger partial charge in [0.1, 0.15) is 0 Å². The largest absolute Gasteiger partial charge is 0.356 e. The van der Waals surface area contributed by atoms with Crippen LogP contribution < -0.4 is 10.9 Å². The molecule has 1 aromatic heterocycles. The Bertz CT molecular complexity index is 1080. The van der Waals surface area contributed by atoms with Crippen LogP contribution in [0.25, 0.3) is 10.9 Å². The molecule has 0 aliphatic heterocycles. The number of hydrogen-bond acceptors (Lipinski definition) is 3. The van der Waals surface area contributed by atoms with Crippen molar-refractivity contribution in [1.82, 2.24) is 10.3 Å². The number of aromatic nitrogens is 1. The second kappa shape index (κ2) is 9.32. The van der Waals surface area contributed by atoms with Gasteiger partial charge in [0.2, 0.25) is 5.91 Å². The molecule has 1 amide bonds. The third kappa shape index (κ3) is 5.19. The Morgan fingerprint density at radius 3 is 2.52 bits per heavy atom. The van der Waals surface area contributed by atoms with E-state index in [1.165, 1.54) is 0 Å². The Balaban J connectivity index is 1.48. The highest BCUT2D eigenvalue weighted by Crippen LogP contribution is 2.18. The summed E-state index contributed by atoms with van der Waals surface area (Å²) < 4.78 is 0. The number of ketones is 1. The first kappa shape index (κ1) is 20.5. The highest BCUT2D eigenvalue weighted by molar-refractivity contribution is 5.96. The number of fused-ring (bicyclic) bond motifs is 1. The van der Waals surface area contributed by atoms with Gasteiger partial charge in [-0.25, -0.2) is 0 Å². The number of H-pyrrole nitrogens is 1. The summed E-state index contributed by atoms with van der Waals surface area (Å²) in [6, 6.07) is 15.0. The summed E-state index contributed by atoms with van der Waals surface area (Å²) in [6.07, 6.45) is 1.62. The molecule has 3 aromatic rings. The van der Waals surface area contributed by atoms with Crippen LogP contribution in [0.4, 0.5) is 0 Å². The molecule has 0 radical (unpaired) electrons. The summed E-state index contributed by atoms with van der Waals surface area (Å²) in [6.45, 7) is 4.41. The molecule has 29 heavy (non-hydrogen) atoms. The van der Waals surface area contributed by atoms with Crippen LogP contribution >= 0.6 is 0 Å². The Morgan fingerprint density at radius 2 is 1.76 bits per heavy atom. The Morgan fingerprint density at radius 1 is 1.00 bits per heavy atom. The number of pyridine rings is 1. The van der Waals surface area contributed by atoms with Crippen LogP contribution in [-0.2, 0) is 11.2 Å². The van der Waals surface area contributed by atoms with Crippen molar-refractivity contribution in [2.75, 3.05) is 6.54 Å². The van der Waals surface area contributed by atoms with Crippen molar-refractivity contribution in [3.05, 3.63) is 81.1 Å². The third-order valence-corrected chi connectivity index (χ3v) is 5.25. The SMILES string of the molecule is Cc1ccc2cc(CCNC(=O)CCCC(=O)c3ccccc3)c(=O)[nH]c2c1C. The van der Waals surface area contributed by atoms with E-state index in [1.807, 2.05) is 50.2 Å². The van der Waals surface area contributed by atoms with Crippen molar-refractivity contribution in [3.8, 4) is 0 Å². The lowest BCUT2D eigenvalue weighted by molar-refractivity contribution is -0.121. The van der Waals surface area contributed by atoms with E-state index in [0.717, 1.165) is 22.0 Å². The average molecular weight is 390 g/mol. The lowest BCUT2D eigenvalue weighted by Crippen LogP contribution is -2.27. The van der Waals surface area contributed by atoms with Crippen LogP contribution in [0.5, 0.6) is 0 Å². The van der Waals surface area contributed by atoms with Crippen molar-refractivity contribution in [3.63, 3.8) is 0 Å². The minimum Gasteiger partial charge on any atom is -0.356 e. The van der Waals surface area contributed by atoms with E-state index in [9.17, 15) is 14.4 Å². The molecular formula is C24H26N2O3. The highest BCUT2D eigenvalue weighted by Gasteiger charge is 2.09. The van der Waals surface area contributed by atoms with Crippen molar-refractivity contribution in [2.24, 2.45) is 0 Å². The maximum atomic E-state index is 12.3. The molecule has 150 valence electrons. The van der Waals surface area contributed by atoms with E-state index in [4.69, 9.17) is 0 Å². The van der Waals surface area contributed by atoms with Crippen LogP contribution in [0.2, 0.25) is 0 Å². The first-order chi connectivity index (χ1) is 14.0. The molecule has 5 nitrogen and oxygen atoms in total. The molecule has 0 spiro atoms. The van der Waals surface area contributed by atoms with Crippen LogP contribution in [-0.4, -0.2) is 23.2 Å². The quantitative estimate of drug-likeness (QED) is 0.573. The number of rotatable bonds is 8. The molecule has 0 aliphatic carbocycles. The topological polar surface area (TPSA) is 79.0 Å². The smallest absolute Gasteiger partial charge is 0.251 e. The van der Waals surface area contributed by atoms with Gasteiger partial charge < -0.3 is 10.3 Å². The standard InChI is InChI=1S/C24H26N2O3/c1-16-11-12-19-15-20(24(29)26-23(19)17(16)2)13-14-25-22(28)10-6-9-21(27)18-7-4-3-5-8-18/h3-5,7-8,11-12,15H,6,9-10,13-14H2,1-2H3,(H,25,28)(H,26,29). The number of benzene rings is 2. The van der Waals surface area contributed by atoms with Gasteiger partial charge in [-0.05, 0) is 49.3 Å². The molecular weight excluding hydrogens is 364 g/mol. The number of nitrogens with one attached hydrogen (secondary N) is 2. The van der Waals surface area contributed by atoms with E-state index in [-0.39, 0.29) is 17.2 Å². The summed E-state index contributed by atoms with van der Waals surface area (Å²) in [5, 5.41) is 3.83. The molecule has 0 aliphatic rings. The number of Topliss-reactive ketones (excluding diaryl/α,β-unsaturated/α-hetero) is 1. The second-order valence-electron chi connectivity index (χ2n) is 7.34. The van der Waals surface area contributed by atoms with Gasteiger partial charge in [0.15, 0.2) is 5.78 Å². The van der Waals surface area contributed by atoms with Gasteiger partial charge in [-0.15, -0.1) is 0 Å². The van der Waals surface area contributed by atoms with Crippen molar-refractivity contribution >= 4 is 22.6 Å². The highest BCUT2D eigenvalue weighted by atomic mass is 16.1. The number of aromatic amines is 1. The van der Waals surface area contributed by atoms with Crippen LogP contribution in [0.1, 0.15) is 46.3 Å². The molecule has 0 bridgehead atoms. The molecule has 2 N–H and O–H groups in total. The summed E-state index contributed by atoms with van der Waals surface area (Å²) in [4.78, 5) is 39.4. The van der Waals surface area contributed by atoms with Gasteiger partial charge in [0, 0.05) is 30.5 Å². The van der Waals surface area contributed by atoms with Crippen LogP contribution in [0.3, 0.4) is 0 Å². The third-order valence-electron chi connectivity index (χ3n) is 5.25. The predicted molar refractivity (Wildman–Crippen MR) is 115 cm³/mol. The van der Waals surface area contributed by atoms with Gasteiger partial charge in [0.25, 0.3) is 5.56 Å². The van der Waals surface area contributed by atoms with Crippen LogP contribution in [0.15, 0.2) is 53.3 Å². The number of aryl methyl sites for hydroxylation is 2. The van der Waals surface area contributed by atoms with Gasteiger partial charge >= 0.3 is 0 Å². The van der Waals surface area contributed by atoms with Gasteiger partial charge in [-0.3, -0.25) is 14.4 Å². The van der Waals surface area contributed by atoms with Crippen molar-refractivity contribution in [2.45, 2.75) is 39.5 Å². The monoisotopic (exact) mass is 390 g/mol. The van der Waals surface area contributed by atoms with Crippen LogP contribution in [0, 0.1) is 13.8 Å². The minimum atomic E-state index is -0.117. The lowest BCUT2D eigenvalue weighted by Gasteiger charge is -2.09. The van der Waals surface area contributed by atoms with E-state index < -0.39 is 0 Å². The molecule has 0 unspecified atom stereocenters. The molecule has 2 aromatic carbocycles. The molecule has 3 rings (SSSR count). The number of carbonyl (C=O) groups is 2. The second-order valence-corrected chi connectivity index (χ2v) is 7.34. The first-order valence-corrected chi connectivity index (χ1v) is 9.93. The van der Waals surface area contributed by atoms with E-state index in [1.54, 1.807) is 12.1 Å². The van der Waals surface area contributed by atoms with E-state index in [2.05, 4.69) is 10.3 Å². The van der Waals surface area contributed by atoms with Gasteiger partial charge in [-0.1, -0.05) is 42.5 Å². The summed E-state index contributed by atoms with van der Waals surface area (Å²) in [7, 11) is 0. The molecule has 1 heterocycles. The Hall–Kier alpha value is -3.21. The normalized spacial score (nSPS) is 10.8. The molecule has 0 saturated carbocycles. The fraction of sp³-hybridized carbons (Fsp3) is 0.292. The number of carbonyl (C=O) groups excluding carboxylic acids is 2. The summed E-state index contributed by atoms with van der Waals surface area (Å²) >= 11 is 0. The zero-order chi connectivity index (χ0) is 20.8. The van der Waals surface area contributed by atoms with E-state index >= 15 is 0 Å². The molecule has 0 fully saturated rings. The van der Waals surface area contributed by atoms with Gasteiger partial charge in [0.05, 0.1) is 5.52 Å². The Labute approximate surface area is 170 Å². The molecule has 0 atom stereocenters. The fourth-order valence-corrected chi connectivity index (χ4v) is 3.36. The predicted octanol–water partition coefficient (Wildman–Crippen LogP) is 3.86. The zero-order valence-corrected chi connectivity index (χ0v) is 16.9. The maximum absolute atomic E-state index is 12.3. The van der Waals surface area contributed by atoms with Crippen molar-refractivity contribution < 1.29 is 9.59 Å². The zero-order valence-electron chi connectivity index (χ0n) is 16.9. The Kier molecular flexibility index (Phi) is 6.60. The first-order valence-electron chi connectivity index (χ1n) is 9.93. The summed E-state index contributed by atoms with van der Waals surface area (Å²) in [5.41, 5.74) is 4.29. The van der Waals surface area contributed by atoms with Gasteiger partial charge in [-0.2, -0.15) is 0 Å².